The molecule has 1 unspecified atom stereocenters. The van der Waals surface area contributed by atoms with E-state index >= 15 is 0 Å². The van der Waals surface area contributed by atoms with Gasteiger partial charge in [-0.25, -0.2) is 9.97 Å². The van der Waals surface area contributed by atoms with Gasteiger partial charge in [-0.1, -0.05) is 0 Å². The summed E-state index contributed by atoms with van der Waals surface area (Å²) in [5, 5.41) is 11.8. The van der Waals surface area contributed by atoms with Crippen molar-refractivity contribution in [3.05, 3.63) is 48.0 Å². The topological polar surface area (TPSA) is 111 Å². The number of aromatic nitrogens is 2. The summed E-state index contributed by atoms with van der Waals surface area (Å²) in [6, 6.07) is 4.18. The minimum absolute atomic E-state index is 0.236. The lowest BCUT2D eigenvalue weighted by Crippen LogP contribution is -2.30. The van der Waals surface area contributed by atoms with Gasteiger partial charge in [0.25, 0.3) is 5.91 Å². The van der Waals surface area contributed by atoms with E-state index in [1.807, 2.05) is 0 Å². The molecule has 1 heterocycles. The van der Waals surface area contributed by atoms with Gasteiger partial charge >= 0.3 is 5.97 Å². The minimum Gasteiger partial charge on any atom is -0.497 e. The van der Waals surface area contributed by atoms with E-state index in [0.29, 0.717) is 17.1 Å². The number of benzene rings is 1. The third-order valence-corrected chi connectivity index (χ3v) is 3.32. The molecule has 0 bridgehead atoms. The molecule has 0 aliphatic rings. The van der Waals surface area contributed by atoms with Crippen LogP contribution in [-0.4, -0.2) is 41.2 Å². The first-order chi connectivity index (χ1) is 11.5. The Balaban J connectivity index is 2.31. The number of hydrogen-bond acceptors (Lipinski definition) is 6. The van der Waals surface area contributed by atoms with Crippen molar-refractivity contribution in [3.63, 3.8) is 0 Å². The molecule has 24 heavy (non-hydrogen) atoms. The fourth-order valence-electron chi connectivity index (χ4n) is 2.18. The fourth-order valence-corrected chi connectivity index (χ4v) is 2.18. The summed E-state index contributed by atoms with van der Waals surface area (Å²) in [4.78, 5) is 31.0. The first-order valence-corrected chi connectivity index (χ1v) is 7.04. The molecule has 0 spiro atoms. The van der Waals surface area contributed by atoms with E-state index in [2.05, 4.69) is 15.3 Å². The summed E-state index contributed by atoms with van der Waals surface area (Å²) in [5.74, 6) is -0.542. The predicted octanol–water partition coefficient (Wildman–Crippen LogP) is 1.44. The summed E-state index contributed by atoms with van der Waals surface area (Å²) < 4.78 is 10.4. The molecule has 1 amide bonds. The molecule has 1 atom stereocenters. The van der Waals surface area contributed by atoms with Crippen LogP contribution in [0.4, 0.5) is 0 Å². The molecule has 2 rings (SSSR count). The number of carboxylic acids is 1. The van der Waals surface area contributed by atoms with Crippen molar-refractivity contribution < 1.29 is 24.2 Å². The van der Waals surface area contributed by atoms with Gasteiger partial charge in [-0.3, -0.25) is 9.59 Å². The Labute approximate surface area is 138 Å². The van der Waals surface area contributed by atoms with Crippen LogP contribution in [0.5, 0.6) is 11.5 Å². The molecule has 2 aromatic rings. The largest absolute Gasteiger partial charge is 0.497 e. The van der Waals surface area contributed by atoms with E-state index in [-0.39, 0.29) is 12.0 Å². The van der Waals surface area contributed by atoms with Gasteiger partial charge in [0.2, 0.25) is 0 Å². The number of carbonyl (C=O) groups is 2. The van der Waals surface area contributed by atoms with E-state index in [1.165, 1.54) is 32.9 Å². The average molecular weight is 331 g/mol. The van der Waals surface area contributed by atoms with Crippen LogP contribution in [0.3, 0.4) is 0 Å². The van der Waals surface area contributed by atoms with Gasteiger partial charge in [0, 0.05) is 24.0 Å². The zero-order valence-electron chi connectivity index (χ0n) is 13.2. The van der Waals surface area contributed by atoms with Crippen molar-refractivity contribution in [2.45, 2.75) is 12.5 Å². The Morgan fingerprint density at radius 2 is 1.92 bits per heavy atom. The van der Waals surface area contributed by atoms with Crippen molar-refractivity contribution in [1.82, 2.24) is 15.3 Å². The number of aliphatic carboxylic acids is 1. The maximum Gasteiger partial charge on any atom is 0.305 e. The summed E-state index contributed by atoms with van der Waals surface area (Å²) in [6.45, 7) is 0. The summed E-state index contributed by atoms with van der Waals surface area (Å²) in [5.41, 5.74) is 0.770. The molecule has 0 aliphatic carbocycles. The molecule has 0 radical (unpaired) electrons. The van der Waals surface area contributed by atoms with E-state index in [4.69, 9.17) is 14.6 Å². The molecule has 126 valence electrons. The number of methoxy groups -OCH3 is 2. The van der Waals surface area contributed by atoms with Gasteiger partial charge in [-0.2, -0.15) is 0 Å². The molecule has 8 nitrogen and oxygen atoms in total. The summed E-state index contributed by atoms with van der Waals surface area (Å²) in [6.07, 6.45) is 3.71. The second-order valence-corrected chi connectivity index (χ2v) is 4.86. The van der Waals surface area contributed by atoms with Gasteiger partial charge in [0.1, 0.15) is 17.8 Å². The molecule has 1 aromatic carbocycles. The molecular formula is C16H17N3O5. The Morgan fingerprint density at radius 1 is 1.21 bits per heavy atom. The Kier molecular flexibility index (Phi) is 5.67. The van der Waals surface area contributed by atoms with Crippen LogP contribution in [0, 0.1) is 0 Å². The van der Waals surface area contributed by atoms with Crippen molar-refractivity contribution >= 4 is 11.9 Å². The second kappa shape index (κ2) is 7.91. The monoisotopic (exact) mass is 331 g/mol. The van der Waals surface area contributed by atoms with Crippen LogP contribution in [0.15, 0.2) is 36.9 Å². The minimum atomic E-state index is -1.05. The molecule has 0 saturated carbocycles. The molecule has 0 aliphatic heterocycles. The van der Waals surface area contributed by atoms with Crippen molar-refractivity contribution in [1.29, 1.82) is 0 Å². The summed E-state index contributed by atoms with van der Waals surface area (Å²) >= 11 is 0. The molecular weight excluding hydrogens is 314 g/mol. The molecule has 1 aromatic heterocycles. The highest BCUT2D eigenvalue weighted by Crippen LogP contribution is 2.31. The van der Waals surface area contributed by atoms with Crippen LogP contribution in [0.25, 0.3) is 0 Å². The highest BCUT2D eigenvalue weighted by atomic mass is 16.5. The van der Waals surface area contributed by atoms with Crippen molar-refractivity contribution in [2.75, 3.05) is 14.2 Å². The first kappa shape index (κ1) is 17.2. The van der Waals surface area contributed by atoms with Crippen LogP contribution < -0.4 is 14.8 Å². The van der Waals surface area contributed by atoms with Crippen LogP contribution >= 0.6 is 0 Å². The molecule has 2 N–H and O–H groups in total. The molecule has 8 heteroatoms. The van der Waals surface area contributed by atoms with E-state index in [9.17, 15) is 9.59 Å². The second-order valence-electron chi connectivity index (χ2n) is 4.86. The maximum absolute atomic E-state index is 12.3. The number of carboxylic acid groups (broad SMARTS) is 1. The Bertz CT molecular complexity index is 721. The quantitative estimate of drug-likeness (QED) is 0.789. The Morgan fingerprint density at radius 3 is 2.50 bits per heavy atom. The standard InChI is InChI=1S/C16H17N3O5/c1-23-11-3-4-12(14(5-11)24-2)13(6-15(20)21)19-16(22)10-7-17-9-18-8-10/h3-5,7-9,13H,6H2,1-2H3,(H,19,22)(H,20,21). The number of hydrogen-bond donors (Lipinski definition) is 2. The number of nitrogens with one attached hydrogen (secondary N) is 1. The normalized spacial score (nSPS) is 11.4. The lowest BCUT2D eigenvalue weighted by Gasteiger charge is -2.20. The maximum atomic E-state index is 12.3. The van der Waals surface area contributed by atoms with Gasteiger partial charge in [-0.05, 0) is 12.1 Å². The number of carbonyl (C=O) groups excluding carboxylic acids is 1. The van der Waals surface area contributed by atoms with Crippen molar-refractivity contribution in [3.8, 4) is 11.5 Å². The Hall–Kier alpha value is -3.16. The fraction of sp³-hybridized carbons (Fsp3) is 0.250. The van der Waals surface area contributed by atoms with E-state index in [1.54, 1.807) is 18.2 Å². The third-order valence-electron chi connectivity index (χ3n) is 3.32. The lowest BCUT2D eigenvalue weighted by atomic mass is 10.0. The van der Waals surface area contributed by atoms with Crippen LogP contribution in [0.1, 0.15) is 28.4 Å². The average Bonchev–Trinajstić information content (AvgIpc) is 2.60. The number of ether oxygens (including phenoxy) is 2. The highest BCUT2D eigenvalue weighted by molar-refractivity contribution is 5.94. The number of nitrogens with zero attached hydrogens (tertiary/aromatic N) is 2. The van der Waals surface area contributed by atoms with Crippen LogP contribution in [0.2, 0.25) is 0 Å². The van der Waals surface area contributed by atoms with Crippen LogP contribution in [-0.2, 0) is 4.79 Å². The molecule has 0 fully saturated rings. The third kappa shape index (κ3) is 4.19. The predicted molar refractivity (Wildman–Crippen MR) is 84.0 cm³/mol. The summed E-state index contributed by atoms with van der Waals surface area (Å²) in [7, 11) is 2.98. The lowest BCUT2D eigenvalue weighted by molar-refractivity contribution is -0.137. The molecule has 0 saturated heterocycles. The number of rotatable bonds is 7. The van der Waals surface area contributed by atoms with Gasteiger partial charge in [-0.15, -0.1) is 0 Å². The number of amides is 1. The smallest absolute Gasteiger partial charge is 0.305 e. The van der Waals surface area contributed by atoms with E-state index < -0.39 is 17.9 Å². The van der Waals surface area contributed by atoms with Gasteiger partial charge < -0.3 is 19.9 Å². The van der Waals surface area contributed by atoms with Gasteiger partial charge in [0.15, 0.2) is 0 Å². The van der Waals surface area contributed by atoms with Crippen molar-refractivity contribution in [2.24, 2.45) is 0 Å². The van der Waals surface area contributed by atoms with Gasteiger partial charge in [0.05, 0.1) is 32.2 Å². The SMILES string of the molecule is COc1ccc(C(CC(=O)O)NC(=O)c2cncnc2)c(OC)c1. The zero-order chi connectivity index (χ0) is 17.5. The first-order valence-electron chi connectivity index (χ1n) is 7.04. The highest BCUT2D eigenvalue weighted by Gasteiger charge is 2.22. The van der Waals surface area contributed by atoms with E-state index in [0.717, 1.165) is 0 Å². The zero-order valence-corrected chi connectivity index (χ0v) is 13.2.